The number of nitriles is 1. The molecule has 0 amide bonds. The quantitative estimate of drug-likeness (QED) is 0.534. The number of thioether (sulfide) groups is 1. The molecule has 1 aromatic carbocycles. The lowest BCUT2D eigenvalue weighted by Gasteiger charge is -1.95. The lowest BCUT2D eigenvalue weighted by atomic mass is 10.4. The SMILES string of the molecule is N#C/C(=C/Cl)Sc1ccccc1. The van der Waals surface area contributed by atoms with E-state index >= 15 is 0 Å². The van der Waals surface area contributed by atoms with Crippen molar-refractivity contribution in [2.75, 3.05) is 0 Å². The number of allylic oxidation sites excluding steroid dienone is 1. The van der Waals surface area contributed by atoms with Crippen molar-refractivity contribution in [1.29, 1.82) is 5.26 Å². The van der Waals surface area contributed by atoms with E-state index in [0.29, 0.717) is 4.91 Å². The Morgan fingerprint density at radius 3 is 2.58 bits per heavy atom. The van der Waals surface area contributed by atoms with Crippen LogP contribution in [0.3, 0.4) is 0 Å². The van der Waals surface area contributed by atoms with Crippen LogP contribution in [-0.4, -0.2) is 0 Å². The number of benzene rings is 1. The molecule has 0 aromatic heterocycles. The van der Waals surface area contributed by atoms with Crippen LogP contribution in [0, 0.1) is 11.3 Å². The number of hydrogen-bond donors (Lipinski definition) is 0. The molecule has 0 fully saturated rings. The topological polar surface area (TPSA) is 23.8 Å². The Morgan fingerprint density at radius 1 is 1.42 bits per heavy atom. The van der Waals surface area contributed by atoms with Gasteiger partial charge in [0.1, 0.15) is 11.0 Å². The summed E-state index contributed by atoms with van der Waals surface area (Å²) < 4.78 is 0. The van der Waals surface area contributed by atoms with Crippen molar-refractivity contribution in [3.8, 4) is 6.07 Å². The molecule has 0 saturated heterocycles. The maximum atomic E-state index is 8.56. The molecule has 1 nitrogen and oxygen atoms in total. The van der Waals surface area contributed by atoms with Gasteiger partial charge in [0, 0.05) is 10.4 Å². The van der Waals surface area contributed by atoms with Crippen molar-refractivity contribution in [3.05, 3.63) is 40.8 Å². The summed E-state index contributed by atoms with van der Waals surface area (Å²) in [6, 6.07) is 11.6. The van der Waals surface area contributed by atoms with E-state index < -0.39 is 0 Å². The fourth-order valence-corrected chi connectivity index (χ4v) is 1.50. The minimum atomic E-state index is 0.503. The van der Waals surface area contributed by atoms with Gasteiger partial charge in [-0.25, -0.2) is 0 Å². The first kappa shape index (κ1) is 9.18. The largest absolute Gasteiger partial charge is 0.192 e. The molecule has 60 valence electrons. The van der Waals surface area contributed by atoms with Crippen molar-refractivity contribution in [2.24, 2.45) is 0 Å². The van der Waals surface area contributed by atoms with E-state index in [1.54, 1.807) is 0 Å². The zero-order chi connectivity index (χ0) is 8.81. The summed E-state index contributed by atoms with van der Waals surface area (Å²) in [5, 5.41) is 8.56. The molecular formula is C9H6ClNS. The highest BCUT2D eigenvalue weighted by molar-refractivity contribution is 8.03. The summed E-state index contributed by atoms with van der Waals surface area (Å²) in [5.74, 6) is 0. The van der Waals surface area contributed by atoms with Crippen molar-refractivity contribution in [1.82, 2.24) is 0 Å². The molecule has 0 aliphatic carbocycles. The fraction of sp³-hybridized carbons (Fsp3) is 0. The maximum absolute atomic E-state index is 8.56. The van der Waals surface area contributed by atoms with Crippen LogP contribution < -0.4 is 0 Å². The molecule has 12 heavy (non-hydrogen) atoms. The molecule has 1 rings (SSSR count). The monoisotopic (exact) mass is 195 g/mol. The summed E-state index contributed by atoms with van der Waals surface area (Å²) in [6.07, 6.45) is 0. The molecule has 0 heterocycles. The summed E-state index contributed by atoms with van der Waals surface area (Å²) >= 11 is 6.77. The van der Waals surface area contributed by atoms with Gasteiger partial charge in [-0.05, 0) is 12.1 Å². The number of hydrogen-bond acceptors (Lipinski definition) is 2. The van der Waals surface area contributed by atoms with E-state index in [1.165, 1.54) is 17.3 Å². The first-order valence-electron chi connectivity index (χ1n) is 3.30. The van der Waals surface area contributed by atoms with Gasteiger partial charge in [-0.2, -0.15) is 5.26 Å². The van der Waals surface area contributed by atoms with Crippen LogP contribution in [0.4, 0.5) is 0 Å². The third-order valence-corrected chi connectivity index (χ3v) is 2.46. The molecule has 0 spiro atoms. The molecule has 0 unspecified atom stereocenters. The first-order chi connectivity index (χ1) is 5.86. The predicted octanol–water partition coefficient (Wildman–Crippen LogP) is 3.38. The molecule has 3 heteroatoms. The maximum Gasteiger partial charge on any atom is 0.107 e. The average Bonchev–Trinajstić information content (AvgIpc) is 2.16. The second-order valence-electron chi connectivity index (χ2n) is 2.00. The fourth-order valence-electron chi connectivity index (χ4n) is 0.685. The first-order valence-corrected chi connectivity index (χ1v) is 4.55. The zero-order valence-corrected chi connectivity index (χ0v) is 7.77. The van der Waals surface area contributed by atoms with Crippen molar-refractivity contribution >= 4 is 23.4 Å². The second-order valence-corrected chi connectivity index (χ2v) is 3.33. The summed E-state index contributed by atoms with van der Waals surface area (Å²) in [6.45, 7) is 0. The highest BCUT2D eigenvalue weighted by Crippen LogP contribution is 2.25. The lowest BCUT2D eigenvalue weighted by Crippen LogP contribution is -1.70. The number of halogens is 1. The predicted molar refractivity (Wildman–Crippen MR) is 51.8 cm³/mol. The highest BCUT2D eigenvalue weighted by Gasteiger charge is 1.96. The van der Waals surface area contributed by atoms with Gasteiger partial charge in [-0.3, -0.25) is 0 Å². The molecule has 0 aliphatic rings. The smallest absolute Gasteiger partial charge is 0.107 e. The van der Waals surface area contributed by atoms with Crippen LogP contribution in [0.2, 0.25) is 0 Å². The molecule has 0 N–H and O–H groups in total. The molecule has 0 saturated carbocycles. The Bertz CT molecular complexity index is 313. The molecule has 0 atom stereocenters. The number of rotatable bonds is 2. The van der Waals surface area contributed by atoms with Crippen molar-refractivity contribution in [3.63, 3.8) is 0 Å². The van der Waals surface area contributed by atoms with Crippen LogP contribution in [0.5, 0.6) is 0 Å². The molecule has 1 aromatic rings. The van der Waals surface area contributed by atoms with Crippen molar-refractivity contribution < 1.29 is 0 Å². The van der Waals surface area contributed by atoms with Crippen molar-refractivity contribution in [2.45, 2.75) is 4.90 Å². The minimum Gasteiger partial charge on any atom is -0.192 e. The van der Waals surface area contributed by atoms with E-state index in [1.807, 2.05) is 36.4 Å². The number of nitrogens with zero attached hydrogens (tertiary/aromatic N) is 1. The Labute approximate surface area is 80.7 Å². The molecule has 0 bridgehead atoms. The summed E-state index contributed by atoms with van der Waals surface area (Å²) in [5.41, 5.74) is 1.29. The normalized spacial score (nSPS) is 10.8. The Hall–Kier alpha value is -0.910. The van der Waals surface area contributed by atoms with E-state index in [-0.39, 0.29) is 0 Å². The Kier molecular flexibility index (Phi) is 3.72. The van der Waals surface area contributed by atoms with Crippen LogP contribution in [-0.2, 0) is 0 Å². The lowest BCUT2D eigenvalue weighted by molar-refractivity contribution is 1.47. The zero-order valence-electron chi connectivity index (χ0n) is 6.20. The van der Waals surface area contributed by atoms with Gasteiger partial charge in [0.25, 0.3) is 0 Å². The Balaban J connectivity index is 2.72. The summed E-state index contributed by atoms with van der Waals surface area (Å²) in [4.78, 5) is 1.52. The van der Waals surface area contributed by atoms with Crippen LogP contribution in [0.25, 0.3) is 0 Å². The molecule has 0 aliphatic heterocycles. The standard InChI is InChI=1S/C9H6ClNS/c10-6-9(7-11)12-8-4-2-1-3-5-8/h1-6H/b9-6-. The molecule has 0 radical (unpaired) electrons. The highest BCUT2D eigenvalue weighted by atomic mass is 35.5. The third-order valence-electron chi connectivity index (χ3n) is 1.18. The van der Waals surface area contributed by atoms with Gasteiger partial charge in [-0.1, -0.05) is 41.6 Å². The van der Waals surface area contributed by atoms with Crippen LogP contribution >= 0.6 is 23.4 Å². The van der Waals surface area contributed by atoms with E-state index in [4.69, 9.17) is 16.9 Å². The van der Waals surface area contributed by atoms with E-state index in [0.717, 1.165) is 4.90 Å². The summed E-state index contributed by atoms with van der Waals surface area (Å²) in [7, 11) is 0. The van der Waals surface area contributed by atoms with Gasteiger partial charge in [0.2, 0.25) is 0 Å². The van der Waals surface area contributed by atoms with Crippen LogP contribution in [0.15, 0.2) is 45.7 Å². The van der Waals surface area contributed by atoms with Gasteiger partial charge >= 0.3 is 0 Å². The van der Waals surface area contributed by atoms with Gasteiger partial charge in [0.15, 0.2) is 0 Å². The van der Waals surface area contributed by atoms with Gasteiger partial charge in [0.05, 0.1) is 0 Å². The molecular weight excluding hydrogens is 190 g/mol. The Morgan fingerprint density at radius 2 is 2.08 bits per heavy atom. The average molecular weight is 196 g/mol. The third kappa shape index (κ3) is 2.61. The van der Waals surface area contributed by atoms with Gasteiger partial charge < -0.3 is 0 Å². The van der Waals surface area contributed by atoms with Gasteiger partial charge in [-0.15, -0.1) is 0 Å². The van der Waals surface area contributed by atoms with Crippen LogP contribution in [0.1, 0.15) is 0 Å². The van der Waals surface area contributed by atoms with E-state index in [2.05, 4.69) is 0 Å². The second kappa shape index (κ2) is 4.87. The van der Waals surface area contributed by atoms with E-state index in [9.17, 15) is 0 Å². The minimum absolute atomic E-state index is 0.503.